The molecule has 3 rings (SSSR count). The van der Waals surface area contributed by atoms with Gasteiger partial charge in [-0.15, -0.1) is 16.4 Å². The number of nitrogens with zero attached hydrogens (tertiary/aromatic N) is 3. The Morgan fingerprint density at radius 1 is 0.885 bits per heavy atom. The van der Waals surface area contributed by atoms with Crippen molar-refractivity contribution in [2.24, 2.45) is 0 Å². The van der Waals surface area contributed by atoms with E-state index in [0.717, 1.165) is 11.3 Å². The zero-order valence-corrected chi connectivity index (χ0v) is 13.2. The highest BCUT2D eigenvalue weighted by Gasteiger charge is 2.37. The highest BCUT2D eigenvalue weighted by molar-refractivity contribution is 7.14. The van der Waals surface area contributed by atoms with Gasteiger partial charge in [0.2, 0.25) is 0 Å². The molecular weight excluding hydrogens is 382 g/mol. The van der Waals surface area contributed by atoms with Crippen molar-refractivity contribution in [3.05, 3.63) is 46.5 Å². The molecule has 1 N–H and O–H groups in total. The highest BCUT2D eigenvalue weighted by atomic mass is 32.1. The first kappa shape index (κ1) is 17.9. The molecule has 2 aromatic heterocycles. The van der Waals surface area contributed by atoms with Gasteiger partial charge in [0.05, 0.1) is 16.0 Å². The van der Waals surface area contributed by atoms with Crippen LogP contribution in [0.4, 0.5) is 26.3 Å². The van der Waals surface area contributed by atoms with Crippen molar-refractivity contribution in [1.82, 2.24) is 15.4 Å². The van der Waals surface area contributed by atoms with Gasteiger partial charge in [0.15, 0.2) is 5.69 Å². The molecule has 0 radical (unpaired) electrons. The normalized spacial score (nSPS) is 12.2. The lowest BCUT2D eigenvalue weighted by Gasteiger charge is -2.13. The van der Waals surface area contributed by atoms with Crippen LogP contribution in [-0.2, 0) is 12.4 Å². The van der Waals surface area contributed by atoms with Crippen LogP contribution in [0.2, 0.25) is 0 Å². The predicted molar refractivity (Wildman–Crippen MR) is 79.9 cm³/mol. The largest absolute Gasteiger partial charge is 0.416 e. The highest BCUT2D eigenvalue weighted by Crippen LogP contribution is 2.40. The number of thiophene rings is 1. The van der Waals surface area contributed by atoms with E-state index < -0.39 is 23.5 Å². The number of nitriles is 1. The summed E-state index contributed by atoms with van der Waals surface area (Å²) in [5, 5.41) is 19.9. The Morgan fingerprint density at radius 2 is 1.50 bits per heavy atom. The van der Waals surface area contributed by atoms with Gasteiger partial charge in [-0.3, -0.25) is 0 Å². The Hall–Kier alpha value is -2.87. The molecule has 0 bridgehead atoms. The van der Waals surface area contributed by atoms with E-state index in [4.69, 9.17) is 5.26 Å². The van der Waals surface area contributed by atoms with Crippen LogP contribution in [0, 0.1) is 11.3 Å². The van der Waals surface area contributed by atoms with E-state index in [9.17, 15) is 26.3 Å². The van der Waals surface area contributed by atoms with Gasteiger partial charge in [-0.2, -0.15) is 41.9 Å². The fourth-order valence-electron chi connectivity index (χ4n) is 2.21. The van der Waals surface area contributed by atoms with Crippen LogP contribution in [0.1, 0.15) is 16.8 Å². The van der Waals surface area contributed by atoms with Gasteiger partial charge in [-0.05, 0) is 40.8 Å². The lowest BCUT2D eigenvalue weighted by Crippen LogP contribution is -2.11. The minimum atomic E-state index is -4.92. The number of aromatic nitrogens is 3. The molecule has 1 aromatic carbocycles. The number of H-pyrrole nitrogens is 1. The van der Waals surface area contributed by atoms with Crippen LogP contribution < -0.4 is 0 Å². The third-order valence-electron chi connectivity index (χ3n) is 3.41. The fourth-order valence-corrected chi connectivity index (χ4v) is 3.12. The van der Waals surface area contributed by atoms with Crippen LogP contribution in [0.5, 0.6) is 0 Å². The zero-order chi connectivity index (χ0) is 19.1. The first-order valence-electron chi connectivity index (χ1n) is 6.79. The Labute approximate surface area is 145 Å². The summed E-state index contributed by atoms with van der Waals surface area (Å²) in [6.45, 7) is 0. The molecule has 0 aliphatic rings. The number of nitrogens with one attached hydrogen (secondary N) is 1. The molecular formula is C15H6F6N4S. The van der Waals surface area contributed by atoms with Crippen molar-refractivity contribution in [1.29, 1.82) is 5.26 Å². The summed E-state index contributed by atoms with van der Waals surface area (Å²) in [5.74, 6) is 0. The van der Waals surface area contributed by atoms with E-state index >= 15 is 0 Å². The second-order valence-corrected chi connectivity index (χ2v) is 6.04. The third kappa shape index (κ3) is 3.41. The van der Waals surface area contributed by atoms with Gasteiger partial charge in [-0.25, -0.2) is 0 Å². The monoisotopic (exact) mass is 388 g/mol. The molecule has 2 heterocycles. The molecule has 0 saturated carbocycles. The molecule has 0 saturated heterocycles. The summed E-state index contributed by atoms with van der Waals surface area (Å²) in [5.41, 5.74) is -2.74. The van der Waals surface area contributed by atoms with Gasteiger partial charge in [0.1, 0.15) is 11.8 Å². The summed E-state index contributed by atoms with van der Waals surface area (Å²) in [6.07, 6.45) is -9.84. The molecule has 0 aliphatic carbocycles. The Morgan fingerprint density at radius 3 is 2.04 bits per heavy atom. The molecule has 0 unspecified atom stereocenters. The molecule has 11 heteroatoms. The first-order valence-corrected chi connectivity index (χ1v) is 7.67. The van der Waals surface area contributed by atoms with E-state index in [1.807, 2.05) is 0 Å². The number of halogens is 6. The standard InChI is InChI=1S/C15H6F6N4S/c16-14(17,18)9-1-7(2-10(4-9)15(19,20)21)8-3-12(26-6-8)13-11(5-22)23-25-24-13/h1-4,6H,(H,23,24,25). The number of rotatable bonds is 2. The summed E-state index contributed by atoms with van der Waals surface area (Å²) < 4.78 is 77.7. The maximum absolute atomic E-state index is 13.0. The van der Waals surface area contributed by atoms with E-state index in [1.54, 1.807) is 6.07 Å². The van der Waals surface area contributed by atoms with Crippen LogP contribution in [0.15, 0.2) is 29.6 Å². The smallest absolute Gasteiger partial charge is 0.196 e. The summed E-state index contributed by atoms with van der Waals surface area (Å²) in [4.78, 5) is 0.385. The number of hydrogen-bond donors (Lipinski definition) is 1. The summed E-state index contributed by atoms with van der Waals surface area (Å²) in [6, 6.07) is 4.51. The number of benzene rings is 1. The van der Waals surface area contributed by atoms with Crippen molar-refractivity contribution in [2.45, 2.75) is 12.4 Å². The lowest BCUT2D eigenvalue weighted by atomic mass is 10.0. The molecule has 0 aliphatic heterocycles. The molecule has 4 nitrogen and oxygen atoms in total. The fraction of sp³-hybridized carbons (Fsp3) is 0.133. The topological polar surface area (TPSA) is 65.4 Å². The van der Waals surface area contributed by atoms with E-state index in [0.29, 0.717) is 17.0 Å². The first-order chi connectivity index (χ1) is 12.1. The summed E-state index contributed by atoms with van der Waals surface area (Å²) in [7, 11) is 0. The van der Waals surface area contributed by atoms with E-state index in [2.05, 4.69) is 15.4 Å². The second kappa shape index (κ2) is 6.14. The van der Waals surface area contributed by atoms with Crippen LogP contribution in [0.3, 0.4) is 0 Å². The molecule has 26 heavy (non-hydrogen) atoms. The minimum Gasteiger partial charge on any atom is -0.196 e. The molecule has 134 valence electrons. The molecule has 3 aromatic rings. The molecule has 0 atom stereocenters. The Kier molecular flexibility index (Phi) is 4.23. The zero-order valence-electron chi connectivity index (χ0n) is 12.4. The average molecular weight is 388 g/mol. The van der Waals surface area contributed by atoms with Gasteiger partial charge < -0.3 is 0 Å². The number of hydrogen-bond acceptors (Lipinski definition) is 4. The van der Waals surface area contributed by atoms with Crippen LogP contribution in [-0.4, -0.2) is 15.4 Å². The van der Waals surface area contributed by atoms with Crippen molar-refractivity contribution in [3.8, 4) is 27.8 Å². The lowest BCUT2D eigenvalue weighted by molar-refractivity contribution is -0.143. The van der Waals surface area contributed by atoms with Gasteiger partial charge in [0, 0.05) is 0 Å². The summed E-state index contributed by atoms with van der Waals surface area (Å²) >= 11 is 1.02. The average Bonchev–Trinajstić information content (AvgIpc) is 3.21. The van der Waals surface area contributed by atoms with Crippen molar-refractivity contribution in [2.75, 3.05) is 0 Å². The van der Waals surface area contributed by atoms with Gasteiger partial charge in [0.25, 0.3) is 0 Å². The molecule has 0 fully saturated rings. The minimum absolute atomic E-state index is 0.0292. The Bertz CT molecular complexity index is 960. The predicted octanol–water partition coefficient (Wildman–Crippen LogP) is 5.11. The maximum Gasteiger partial charge on any atom is 0.416 e. The van der Waals surface area contributed by atoms with Gasteiger partial charge >= 0.3 is 12.4 Å². The molecule has 0 spiro atoms. The number of alkyl halides is 6. The number of aromatic amines is 1. The van der Waals surface area contributed by atoms with Crippen molar-refractivity contribution in [3.63, 3.8) is 0 Å². The van der Waals surface area contributed by atoms with Crippen molar-refractivity contribution < 1.29 is 26.3 Å². The SMILES string of the molecule is N#Cc1n[nH]nc1-c1cc(-c2cc(C(F)(F)F)cc(C(F)(F)F)c2)cs1. The molecule has 0 amide bonds. The quantitative estimate of drug-likeness (QED) is 0.621. The van der Waals surface area contributed by atoms with Crippen LogP contribution in [0.25, 0.3) is 21.7 Å². The van der Waals surface area contributed by atoms with Gasteiger partial charge in [-0.1, -0.05) is 0 Å². The van der Waals surface area contributed by atoms with Crippen molar-refractivity contribution >= 4 is 11.3 Å². The van der Waals surface area contributed by atoms with Crippen LogP contribution >= 0.6 is 11.3 Å². The second-order valence-electron chi connectivity index (χ2n) is 5.13. The van der Waals surface area contributed by atoms with E-state index in [1.165, 1.54) is 11.4 Å². The maximum atomic E-state index is 13.0. The third-order valence-corrected chi connectivity index (χ3v) is 4.34. The van der Waals surface area contributed by atoms with E-state index in [-0.39, 0.29) is 28.6 Å². The Balaban J connectivity index is 2.11.